The van der Waals surface area contributed by atoms with Crippen molar-refractivity contribution < 1.29 is 19.4 Å². The number of hydrogen-bond acceptors (Lipinski definition) is 3. The summed E-state index contributed by atoms with van der Waals surface area (Å²) in [6.07, 6.45) is 0.928. The van der Waals surface area contributed by atoms with E-state index in [1.54, 1.807) is 23.1 Å². The largest absolute Gasteiger partial charge is 0.478 e. The summed E-state index contributed by atoms with van der Waals surface area (Å²) in [7, 11) is 0. The normalized spacial score (nSPS) is 17.1. The van der Waals surface area contributed by atoms with E-state index in [1.807, 2.05) is 0 Å². The van der Waals surface area contributed by atoms with Crippen molar-refractivity contribution in [3.63, 3.8) is 0 Å². The maximum Gasteiger partial charge on any atom is 0.335 e. The molecule has 2 aromatic carbocycles. The first kappa shape index (κ1) is 18.1. The summed E-state index contributed by atoms with van der Waals surface area (Å²) in [5, 5.41) is 9.28. The summed E-state index contributed by atoms with van der Waals surface area (Å²) in [4.78, 5) is 25.8. The Morgan fingerprint density at radius 3 is 2.58 bits per heavy atom. The predicted octanol–water partition coefficient (Wildman–Crippen LogP) is 3.09. The molecule has 0 spiro atoms. The molecule has 3 rings (SSSR count). The molecule has 1 heterocycles. The summed E-state index contributed by atoms with van der Waals surface area (Å²) in [5.74, 6) is -1.08. The van der Waals surface area contributed by atoms with Crippen LogP contribution in [0.1, 0.15) is 40.1 Å². The third-order valence-electron chi connectivity index (χ3n) is 4.77. The van der Waals surface area contributed by atoms with Gasteiger partial charge in [-0.25, -0.2) is 4.79 Å². The van der Waals surface area contributed by atoms with E-state index in [-0.39, 0.29) is 24.0 Å². The Kier molecular flexibility index (Phi) is 5.68. The smallest absolute Gasteiger partial charge is 0.335 e. The van der Waals surface area contributed by atoms with Crippen LogP contribution in [-0.4, -0.2) is 41.6 Å². The number of morpholine rings is 1. The molecule has 136 valence electrons. The lowest BCUT2D eigenvalue weighted by Gasteiger charge is -2.33. The molecule has 1 atom stereocenters. The van der Waals surface area contributed by atoms with Gasteiger partial charge in [0.1, 0.15) is 6.10 Å². The van der Waals surface area contributed by atoms with Crippen LogP contribution in [-0.2, 0) is 22.4 Å². The predicted molar refractivity (Wildman–Crippen MR) is 98.2 cm³/mol. The van der Waals surface area contributed by atoms with Crippen LogP contribution >= 0.6 is 0 Å². The number of carbonyl (C=O) groups excluding carboxylic acids is 1. The summed E-state index contributed by atoms with van der Waals surface area (Å²) >= 11 is 0. The van der Waals surface area contributed by atoms with Crippen molar-refractivity contribution in [2.45, 2.75) is 25.9 Å². The van der Waals surface area contributed by atoms with Crippen molar-refractivity contribution in [3.8, 4) is 0 Å². The average molecular weight is 353 g/mol. The fourth-order valence-corrected chi connectivity index (χ4v) is 3.20. The van der Waals surface area contributed by atoms with E-state index in [4.69, 9.17) is 4.74 Å². The highest BCUT2D eigenvalue weighted by atomic mass is 16.5. The number of amides is 1. The van der Waals surface area contributed by atoms with Crippen LogP contribution < -0.4 is 0 Å². The Morgan fingerprint density at radius 2 is 1.88 bits per heavy atom. The van der Waals surface area contributed by atoms with Gasteiger partial charge in [0.15, 0.2) is 0 Å². The van der Waals surface area contributed by atoms with Gasteiger partial charge >= 0.3 is 5.97 Å². The Balaban J connectivity index is 1.69. The van der Waals surface area contributed by atoms with Crippen LogP contribution in [0.3, 0.4) is 0 Å². The molecule has 5 heteroatoms. The van der Waals surface area contributed by atoms with Crippen molar-refractivity contribution in [1.29, 1.82) is 0 Å². The second-order valence-electron chi connectivity index (χ2n) is 6.43. The number of ether oxygens (including phenoxy) is 1. The number of nitrogens with zero attached hydrogens (tertiary/aromatic N) is 1. The zero-order chi connectivity index (χ0) is 18.5. The summed E-state index contributed by atoms with van der Waals surface area (Å²) < 4.78 is 5.84. The summed E-state index contributed by atoms with van der Waals surface area (Å²) in [5.41, 5.74) is 3.05. The van der Waals surface area contributed by atoms with E-state index in [9.17, 15) is 14.7 Å². The van der Waals surface area contributed by atoms with Gasteiger partial charge < -0.3 is 14.7 Å². The standard InChI is InChI=1S/C21H23NO4/c1-2-15-7-9-16(10-8-15)19-14-22(11-12-26-19)20(23)13-17-5-3-4-6-18(17)21(24)25/h3-10,19H,2,11-14H2,1H3,(H,24,25). The monoisotopic (exact) mass is 353 g/mol. The zero-order valence-electron chi connectivity index (χ0n) is 14.9. The Hall–Kier alpha value is -2.66. The molecule has 0 radical (unpaired) electrons. The molecule has 0 saturated carbocycles. The number of aromatic carboxylic acids is 1. The number of carboxylic acid groups (broad SMARTS) is 1. The molecule has 26 heavy (non-hydrogen) atoms. The van der Waals surface area contributed by atoms with E-state index < -0.39 is 5.97 Å². The van der Waals surface area contributed by atoms with Crippen molar-refractivity contribution in [3.05, 3.63) is 70.8 Å². The fourth-order valence-electron chi connectivity index (χ4n) is 3.20. The van der Waals surface area contributed by atoms with Crippen molar-refractivity contribution in [1.82, 2.24) is 4.90 Å². The second-order valence-corrected chi connectivity index (χ2v) is 6.43. The quantitative estimate of drug-likeness (QED) is 0.897. The zero-order valence-corrected chi connectivity index (χ0v) is 14.9. The molecule has 1 amide bonds. The van der Waals surface area contributed by atoms with E-state index in [1.165, 1.54) is 11.6 Å². The Bertz CT molecular complexity index is 785. The van der Waals surface area contributed by atoms with Gasteiger partial charge in [-0.05, 0) is 29.2 Å². The van der Waals surface area contributed by atoms with Crippen LogP contribution in [0.2, 0.25) is 0 Å². The molecular weight excluding hydrogens is 330 g/mol. The molecule has 2 aromatic rings. The van der Waals surface area contributed by atoms with E-state index in [0.29, 0.717) is 25.3 Å². The first-order chi connectivity index (χ1) is 12.6. The molecule has 1 saturated heterocycles. The number of benzene rings is 2. The number of aryl methyl sites for hydroxylation is 1. The van der Waals surface area contributed by atoms with Crippen LogP contribution in [0.15, 0.2) is 48.5 Å². The minimum absolute atomic E-state index is 0.0721. The lowest BCUT2D eigenvalue weighted by molar-refractivity contribution is -0.138. The van der Waals surface area contributed by atoms with E-state index in [2.05, 4.69) is 31.2 Å². The lowest BCUT2D eigenvalue weighted by Crippen LogP contribution is -2.43. The fraction of sp³-hybridized carbons (Fsp3) is 0.333. The highest BCUT2D eigenvalue weighted by molar-refractivity contribution is 5.91. The number of carbonyl (C=O) groups is 2. The maximum atomic E-state index is 12.7. The minimum Gasteiger partial charge on any atom is -0.478 e. The first-order valence-electron chi connectivity index (χ1n) is 8.88. The van der Waals surface area contributed by atoms with Gasteiger partial charge in [0.2, 0.25) is 5.91 Å². The Morgan fingerprint density at radius 1 is 1.15 bits per heavy atom. The van der Waals surface area contributed by atoms with Crippen LogP contribution in [0, 0.1) is 0 Å². The van der Waals surface area contributed by atoms with Crippen molar-refractivity contribution in [2.24, 2.45) is 0 Å². The van der Waals surface area contributed by atoms with Gasteiger partial charge in [-0.15, -0.1) is 0 Å². The maximum absolute atomic E-state index is 12.7. The Labute approximate surface area is 153 Å². The highest BCUT2D eigenvalue weighted by Gasteiger charge is 2.26. The molecule has 0 bridgehead atoms. The number of hydrogen-bond donors (Lipinski definition) is 1. The van der Waals surface area contributed by atoms with Crippen LogP contribution in [0.25, 0.3) is 0 Å². The molecule has 1 aliphatic heterocycles. The molecule has 1 unspecified atom stereocenters. The molecule has 1 N–H and O–H groups in total. The van der Waals surface area contributed by atoms with E-state index in [0.717, 1.165) is 12.0 Å². The topological polar surface area (TPSA) is 66.8 Å². The van der Waals surface area contributed by atoms with Gasteiger partial charge in [-0.3, -0.25) is 4.79 Å². The summed E-state index contributed by atoms with van der Waals surface area (Å²) in [6.45, 7) is 3.60. The van der Waals surface area contributed by atoms with Gasteiger partial charge in [0.05, 0.1) is 25.1 Å². The third kappa shape index (κ3) is 4.11. The molecular formula is C21H23NO4. The van der Waals surface area contributed by atoms with Crippen LogP contribution in [0.5, 0.6) is 0 Å². The van der Waals surface area contributed by atoms with Crippen molar-refractivity contribution >= 4 is 11.9 Å². The SMILES string of the molecule is CCc1ccc(C2CN(C(=O)Cc3ccccc3C(=O)O)CCO2)cc1. The number of carboxylic acids is 1. The van der Waals surface area contributed by atoms with E-state index >= 15 is 0 Å². The second kappa shape index (κ2) is 8.15. The number of rotatable bonds is 5. The van der Waals surface area contributed by atoms with Gasteiger partial charge in [0, 0.05) is 6.54 Å². The van der Waals surface area contributed by atoms with Gasteiger partial charge in [0.25, 0.3) is 0 Å². The van der Waals surface area contributed by atoms with Gasteiger partial charge in [-0.2, -0.15) is 0 Å². The van der Waals surface area contributed by atoms with Gasteiger partial charge in [-0.1, -0.05) is 49.4 Å². The minimum atomic E-state index is -1.01. The highest BCUT2D eigenvalue weighted by Crippen LogP contribution is 2.23. The molecule has 0 aliphatic carbocycles. The summed E-state index contributed by atoms with van der Waals surface area (Å²) in [6, 6.07) is 14.9. The average Bonchev–Trinajstić information content (AvgIpc) is 2.68. The first-order valence-corrected chi connectivity index (χ1v) is 8.88. The third-order valence-corrected chi connectivity index (χ3v) is 4.77. The molecule has 0 aromatic heterocycles. The molecule has 1 fully saturated rings. The lowest BCUT2D eigenvalue weighted by atomic mass is 10.0. The van der Waals surface area contributed by atoms with Crippen LogP contribution in [0.4, 0.5) is 0 Å². The molecule has 5 nitrogen and oxygen atoms in total. The van der Waals surface area contributed by atoms with Crippen molar-refractivity contribution in [2.75, 3.05) is 19.7 Å². The molecule has 1 aliphatic rings.